The fraction of sp³-hybridized carbons (Fsp3) is 0.667. The molecule has 0 fully saturated rings. The fourth-order valence-electron chi connectivity index (χ4n) is 0.556. The van der Waals surface area contributed by atoms with Crippen LogP contribution in [0.2, 0.25) is 0 Å². The van der Waals surface area contributed by atoms with Gasteiger partial charge in [0.2, 0.25) is 5.78 Å². The van der Waals surface area contributed by atoms with Crippen LogP contribution in [-0.4, -0.2) is 57.4 Å². The molecule has 0 aromatic carbocycles. The number of carbonyl (C=O) groups is 2. The van der Waals surface area contributed by atoms with Gasteiger partial charge in [0.25, 0.3) is 0 Å². The molecule has 70 valence electrons. The van der Waals surface area contributed by atoms with Crippen LogP contribution in [0.4, 0.5) is 0 Å². The van der Waals surface area contributed by atoms with E-state index in [4.69, 9.17) is 20.4 Å². The average Bonchev–Trinajstić information content (AvgIpc) is 2.12. The standard InChI is InChI=1S/C6H10O6/c7-1-3(9)5(11)6(12)4(10)2-8/h1,4-6,8,10-12H,2H2. The van der Waals surface area contributed by atoms with E-state index in [9.17, 15) is 9.59 Å². The average molecular weight is 178 g/mol. The van der Waals surface area contributed by atoms with Crippen molar-refractivity contribution < 1.29 is 30.0 Å². The molecule has 12 heavy (non-hydrogen) atoms. The minimum absolute atomic E-state index is 0.169. The number of carbonyl (C=O) groups excluding carboxylic acids is 2. The SMILES string of the molecule is O=CC(=O)C(O)C(O)C(O)CO. The second-order valence-electron chi connectivity index (χ2n) is 2.21. The molecule has 4 N–H and O–H groups in total. The summed E-state index contributed by atoms with van der Waals surface area (Å²) in [7, 11) is 0. The first kappa shape index (κ1) is 11.2. The minimum atomic E-state index is -1.98. The number of ketones is 1. The van der Waals surface area contributed by atoms with Gasteiger partial charge in [0.1, 0.15) is 18.3 Å². The van der Waals surface area contributed by atoms with E-state index in [-0.39, 0.29) is 6.29 Å². The van der Waals surface area contributed by atoms with Gasteiger partial charge in [-0.3, -0.25) is 9.59 Å². The minimum Gasteiger partial charge on any atom is -0.394 e. The molecule has 0 saturated carbocycles. The molecule has 3 atom stereocenters. The zero-order chi connectivity index (χ0) is 9.72. The Morgan fingerprint density at radius 1 is 1.33 bits per heavy atom. The van der Waals surface area contributed by atoms with Gasteiger partial charge in [-0.15, -0.1) is 0 Å². The molecule has 0 aliphatic heterocycles. The lowest BCUT2D eigenvalue weighted by Gasteiger charge is -2.18. The van der Waals surface area contributed by atoms with Crippen molar-refractivity contribution in [2.24, 2.45) is 0 Å². The third-order valence-corrected chi connectivity index (χ3v) is 1.31. The molecule has 0 rings (SSSR count). The summed E-state index contributed by atoms with van der Waals surface area (Å²) in [4.78, 5) is 20.2. The van der Waals surface area contributed by atoms with Gasteiger partial charge in [-0.1, -0.05) is 0 Å². The predicted molar refractivity (Wildman–Crippen MR) is 36.2 cm³/mol. The van der Waals surface area contributed by atoms with Crippen LogP contribution in [0.1, 0.15) is 0 Å². The molecule has 0 aromatic heterocycles. The quantitative estimate of drug-likeness (QED) is 0.261. The lowest BCUT2D eigenvalue weighted by Crippen LogP contribution is -2.44. The highest BCUT2D eigenvalue weighted by Crippen LogP contribution is 1.99. The van der Waals surface area contributed by atoms with Crippen molar-refractivity contribution in [3.8, 4) is 0 Å². The molecule has 6 nitrogen and oxygen atoms in total. The van der Waals surface area contributed by atoms with Crippen molar-refractivity contribution >= 4 is 12.1 Å². The van der Waals surface area contributed by atoms with Gasteiger partial charge in [-0.05, 0) is 0 Å². The third kappa shape index (κ3) is 2.67. The molecule has 0 aromatic rings. The van der Waals surface area contributed by atoms with Crippen LogP contribution < -0.4 is 0 Å². The molecule has 0 amide bonds. The molecule has 0 aliphatic carbocycles. The Hall–Kier alpha value is -0.820. The van der Waals surface area contributed by atoms with Crippen LogP contribution in [0.25, 0.3) is 0 Å². The van der Waals surface area contributed by atoms with Crippen LogP contribution in [0.3, 0.4) is 0 Å². The number of aldehydes is 1. The molecule has 0 radical (unpaired) electrons. The number of hydrogen-bond donors (Lipinski definition) is 4. The zero-order valence-electron chi connectivity index (χ0n) is 6.12. The molecule has 0 spiro atoms. The normalized spacial score (nSPS) is 18.0. The second-order valence-corrected chi connectivity index (χ2v) is 2.21. The van der Waals surface area contributed by atoms with Gasteiger partial charge in [0.15, 0.2) is 6.29 Å². The maximum atomic E-state index is 10.4. The van der Waals surface area contributed by atoms with Crippen LogP contribution in [0, 0.1) is 0 Å². The number of hydrogen-bond acceptors (Lipinski definition) is 6. The Bertz CT molecular complexity index is 167. The van der Waals surface area contributed by atoms with Crippen molar-refractivity contribution in [2.75, 3.05) is 6.61 Å². The number of aliphatic hydroxyl groups is 4. The Morgan fingerprint density at radius 2 is 1.83 bits per heavy atom. The molecule has 0 heterocycles. The molecular formula is C6H10O6. The van der Waals surface area contributed by atoms with E-state index in [2.05, 4.69) is 0 Å². The Morgan fingerprint density at radius 3 is 2.17 bits per heavy atom. The lowest BCUT2D eigenvalue weighted by atomic mass is 10.1. The maximum Gasteiger partial charge on any atom is 0.226 e. The van der Waals surface area contributed by atoms with Crippen molar-refractivity contribution in [3.05, 3.63) is 0 Å². The first-order valence-corrected chi connectivity index (χ1v) is 3.18. The largest absolute Gasteiger partial charge is 0.394 e. The predicted octanol–water partition coefficient (Wildman–Crippen LogP) is -3.17. The Labute approximate surface area is 68.1 Å². The maximum absolute atomic E-state index is 10.4. The highest BCUT2D eigenvalue weighted by molar-refractivity contribution is 6.27. The summed E-state index contributed by atoms with van der Waals surface area (Å²) < 4.78 is 0. The monoisotopic (exact) mass is 178 g/mol. The summed E-state index contributed by atoms with van der Waals surface area (Å²) in [5, 5.41) is 34.6. The summed E-state index contributed by atoms with van der Waals surface area (Å²) in [5.41, 5.74) is 0. The van der Waals surface area contributed by atoms with Crippen LogP contribution >= 0.6 is 0 Å². The molecule has 6 heteroatoms. The topological polar surface area (TPSA) is 115 Å². The fourth-order valence-corrected chi connectivity index (χ4v) is 0.556. The van der Waals surface area contributed by atoms with Crippen molar-refractivity contribution in [1.82, 2.24) is 0 Å². The van der Waals surface area contributed by atoms with E-state index in [1.807, 2.05) is 0 Å². The first-order chi connectivity index (χ1) is 5.54. The van der Waals surface area contributed by atoms with E-state index in [1.54, 1.807) is 0 Å². The molecule has 3 unspecified atom stereocenters. The van der Waals surface area contributed by atoms with E-state index in [0.29, 0.717) is 0 Å². The molecular weight excluding hydrogens is 168 g/mol. The summed E-state index contributed by atoms with van der Waals surface area (Å²) in [6, 6.07) is 0. The van der Waals surface area contributed by atoms with Crippen molar-refractivity contribution in [3.63, 3.8) is 0 Å². The highest BCUT2D eigenvalue weighted by atomic mass is 16.4. The van der Waals surface area contributed by atoms with Gasteiger partial charge in [0.05, 0.1) is 6.61 Å². The van der Waals surface area contributed by atoms with E-state index in [0.717, 1.165) is 0 Å². The summed E-state index contributed by atoms with van der Waals surface area (Å²) in [5.74, 6) is -1.24. The van der Waals surface area contributed by atoms with Gasteiger partial charge in [-0.25, -0.2) is 0 Å². The summed E-state index contributed by atoms with van der Waals surface area (Å²) in [6.45, 7) is -0.801. The first-order valence-electron chi connectivity index (χ1n) is 3.18. The van der Waals surface area contributed by atoms with Gasteiger partial charge in [-0.2, -0.15) is 0 Å². The summed E-state index contributed by atoms with van der Waals surface area (Å²) >= 11 is 0. The van der Waals surface area contributed by atoms with E-state index in [1.165, 1.54) is 0 Å². The third-order valence-electron chi connectivity index (χ3n) is 1.31. The van der Waals surface area contributed by atoms with Crippen LogP contribution in [-0.2, 0) is 9.59 Å². The summed E-state index contributed by atoms with van der Waals surface area (Å²) in [6.07, 6.45) is -5.63. The van der Waals surface area contributed by atoms with Gasteiger partial charge in [0, 0.05) is 0 Å². The van der Waals surface area contributed by atoms with Crippen molar-refractivity contribution in [1.29, 1.82) is 0 Å². The zero-order valence-corrected chi connectivity index (χ0v) is 6.12. The van der Waals surface area contributed by atoms with E-state index >= 15 is 0 Å². The lowest BCUT2D eigenvalue weighted by molar-refractivity contribution is -0.145. The Balaban J connectivity index is 4.17. The van der Waals surface area contributed by atoms with Crippen LogP contribution in [0.5, 0.6) is 0 Å². The number of Topliss-reactive ketones (excluding diaryl/α,β-unsaturated/α-hetero) is 1. The van der Waals surface area contributed by atoms with Gasteiger partial charge < -0.3 is 20.4 Å². The van der Waals surface area contributed by atoms with E-state index < -0.39 is 30.7 Å². The van der Waals surface area contributed by atoms with Gasteiger partial charge >= 0.3 is 0 Å². The van der Waals surface area contributed by atoms with Crippen LogP contribution in [0.15, 0.2) is 0 Å². The van der Waals surface area contributed by atoms with Crippen molar-refractivity contribution in [2.45, 2.75) is 18.3 Å². The number of aliphatic hydroxyl groups excluding tert-OH is 4. The molecule has 0 bridgehead atoms. The smallest absolute Gasteiger partial charge is 0.226 e. The molecule has 0 aliphatic rings. The highest BCUT2D eigenvalue weighted by Gasteiger charge is 2.29. The number of rotatable bonds is 5. The Kier molecular flexibility index (Phi) is 4.60. The molecule has 0 saturated heterocycles. The second kappa shape index (κ2) is 4.94.